The number of rotatable bonds is 6. The van der Waals surface area contributed by atoms with Crippen LogP contribution >= 0.6 is 0 Å². The molecule has 0 spiro atoms. The summed E-state index contributed by atoms with van der Waals surface area (Å²) in [6.07, 6.45) is -16.5. The van der Waals surface area contributed by atoms with Gasteiger partial charge in [-0.1, -0.05) is 0 Å². The van der Waals surface area contributed by atoms with Crippen molar-refractivity contribution in [1.29, 1.82) is 0 Å². The second-order valence-corrected chi connectivity index (χ2v) is 10.3. The number of hydrogen-bond acceptors (Lipinski definition) is 16. The van der Waals surface area contributed by atoms with Gasteiger partial charge in [-0.25, -0.2) is 0 Å². The molecule has 16 nitrogen and oxygen atoms in total. The lowest BCUT2D eigenvalue weighted by atomic mass is 9.89. The summed E-state index contributed by atoms with van der Waals surface area (Å²) in [7, 11) is 0. The van der Waals surface area contributed by atoms with E-state index in [1.165, 1.54) is 12.1 Å². The summed E-state index contributed by atoms with van der Waals surface area (Å²) in [6, 6.07) is 5.56. The Morgan fingerprint density at radius 2 is 1.35 bits per heavy atom. The van der Waals surface area contributed by atoms with Gasteiger partial charge in [0.15, 0.2) is 16.9 Å². The predicted molar refractivity (Wildman–Crippen MR) is 140 cm³/mol. The highest BCUT2D eigenvalue weighted by atomic mass is 16.7. The minimum Gasteiger partial charge on any atom is -0.507 e. The highest BCUT2D eigenvalue weighted by Gasteiger charge is 2.47. The maximum atomic E-state index is 13.2. The number of hydrogen-bond donors (Lipinski definition) is 11. The molecule has 10 unspecified atom stereocenters. The monoisotopic (exact) mass is 610 g/mol. The molecule has 2 aromatic carbocycles. The number of fused-ring (bicyclic) bond motifs is 1. The van der Waals surface area contributed by atoms with E-state index in [0.717, 1.165) is 18.2 Å². The van der Waals surface area contributed by atoms with Crippen molar-refractivity contribution in [2.75, 3.05) is 13.2 Å². The molecular weight excluding hydrogens is 580 g/mol. The largest absolute Gasteiger partial charge is 0.507 e. The molecule has 16 heteroatoms. The molecule has 2 aliphatic heterocycles. The standard InChI is InChI=1S/C27H30O16/c28-6-15-19(33)22(36)24(38)26(41-15)18-11(32)5-14-17(21(18)35)10(31)4-12(40-14)8-1-2-9(30)13(3-8)42-27-25(39)23(37)20(34)16(7-29)43-27/h1-5,15-16,19-20,22-30,32-39H,6-7H2. The lowest BCUT2D eigenvalue weighted by Crippen LogP contribution is -2.60. The molecule has 1 aromatic heterocycles. The molecule has 0 radical (unpaired) electrons. The van der Waals surface area contributed by atoms with Crippen LogP contribution in [0.4, 0.5) is 0 Å². The number of aliphatic hydroxyl groups is 8. The van der Waals surface area contributed by atoms with Crippen molar-refractivity contribution in [3.05, 3.63) is 46.1 Å². The van der Waals surface area contributed by atoms with Crippen LogP contribution in [0.15, 0.2) is 39.5 Å². The van der Waals surface area contributed by atoms with Crippen LogP contribution in [0, 0.1) is 0 Å². The van der Waals surface area contributed by atoms with Gasteiger partial charge in [0.2, 0.25) is 6.29 Å². The van der Waals surface area contributed by atoms with Crippen LogP contribution in [0.1, 0.15) is 11.7 Å². The molecule has 2 fully saturated rings. The third kappa shape index (κ3) is 5.38. The highest BCUT2D eigenvalue weighted by molar-refractivity contribution is 5.88. The molecule has 0 bridgehead atoms. The molecule has 0 saturated carbocycles. The van der Waals surface area contributed by atoms with Gasteiger partial charge in [-0.05, 0) is 18.2 Å². The van der Waals surface area contributed by atoms with E-state index in [1.54, 1.807) is 0 Å². The van der Waals surface area contributed by atoms with Crippen LogP contribution in [-0.2, 0) is 9.47 Å². The molecule has 2 aliphatic rings. The quantitative estimate of drug-likeness (QED) is 0.135. The van der Waals surface area contributed by atoms with Crippen LogP contribution in [0.5, 0.6) is 23.0 Å². The molecule has 11 N–H and O–H groups in total. The summed E-state index contributed by atoms with van der Waals surface area (Å²) in [6.45, 7) is -1.48. The smallest absolute Gasteiger partial charge is 0.229 e. The van der Waals surface area contributed by atoms with Crippen molar-refractivity contribution in [3.63, 3.8) is 0 Å². The summed E-state index contributed by atoms with van der Waals surface area (Å²) in [5.74, 6) is -2.48. The minimum absolute atomic E-state index is 0.119. The van der Waals surface area contributed by atoms with Gasteiger partial charge < -0.3 is 74.8 Å². The number of aromatic hydroxyl groups is 3. The van der Waals surface area contributed by atoms with Crippen molar-refractivity contribution in [2.45, 2.75) is 61.2 Å². The molecule has 2 saturated heterocycles. The van der Waals surface area contributed by atoms with Crippen LogP contribution in [0.2, 0.25) is 0 Å². The Morgan fingerprint density at radius 3 is 2.00 bits per heavy atom. The number of benzene rings is 2. The molecule has 5 rings (SSSR count). The van der Waals surface area contributed by atoms with Gasteiger partial charge in [0.25, 0.3) is 0 Å². The van der Waals surface area contributed by atoms with E-state index in [2.05, 4.69) is 0 Å². The van der Waals surface area contributed by atoms with E-state index < -0.39 is 108 Å². The molecule has 43 heavy (non-hydrogen) atoms. The molecule has 3 heterocycles. The van der Waals surface area contributed by atoms with Gasteiger partial charge >= 0.3 is 0 Å². The summed E-state index contributed by atoms with van der Waals surface area (Å²) in [4.78, 5) is 13.2. The first-order valence-corrected chi connectivity index (χ1v) is 13.0. The Labute approximate surface area is 241 Å². The first kappa shape index (κ1) is 30.9. The van der Waals surface area contributed by atoms with Crippen LogP contribution < -0.4 is 10.2 Å². The Balaban J connectivity index is 1.50. The normalized spacial score (nSPS) is 33.0. The van der Waals surface area contributed by atoms with Gasteiger partial charge in [0.1, 0.15) is 83.2 Å². The van der Waals surface area contributed by atoms with Crippen molar-refractivity contribution in [3.8, 4) is 34.3 Å². The number of ether oxygens (including phenoxy) is 3. The maximum absolute atomic E-state index is 13.2. The van der Waals surface area contributed by atoms with Gasteiger partial charge in [-0.2, -0.15) is 0 Å². The fourth-order valence-corrected chi connectivity index (χ4v) is 5.12. The van der Waals surface area contributed by atoms with Gasteiger partial charge in [0.05, 0.1) is 18.8 Å². The fourth-order valence-electron chi connectivity index (χ4n) is 5.12. The molecule has 3 aromatic rings. The maximum Gasteiger partial charge on any atom is 0.229 e. The third-order valence-electron chi connectivity index (χ3n) is 7.52. The van der Waals surface area contributed by atoms with E-state index in [4.69, 9.17) is 18.6 Å². The fraction of sp³-hybridized carbons (Fsp3) is 0.444. The van der Waals surface area contributed by atoms with E-state index in [0.29, 0.717) is 0 Å². The average Bonchev–Trinajstić information content (AvgIpc) is 2.97. The zero-order valence-electron chi connectivity index (χ0n) is 22.0. The van der Waals surface area contributed by atoms with E-state index in [1.807, 2.05) is 0 Å². The lowest BCUT2D eigenvalue weighted by molar-refractivity contribution is -0.277. The highest BCUT2D eigenvalue weighted by Crippen LogP contribution is 2.45. The summed E-state index contributed by atoms with van der Waals surface area (Å²) < 4.78 is 21.9. The topological polar surface area (TPSA) is 280 Å². The van der Waals surface area contributed by atoms with Crippen molar-refractivity contribution >= 4 is 11.0 Å². The van der Waals surface area contributed by atoms with E-state index in [9.17, 15) is 61.0 Å². The number of aliphatic hydroxyl groups excluding tert-OH is 8. The van der Waals surface area contributed by atoms with Crippen LogP contribution in [0.3, 0.4) is 0 Å². The van der Waals surface area contributed by atoms with E-state index in [-0.39, 0.29) is 22.7 Å². The molecule has 234 valence electrons. The first-order chi connectivity index (χ1) is 20.4. The molecular formula is C27H30O16. The van der Waals surface area contributed by atoms with Crippen molar-refractivity contribution < 1.29 is 74.8 Å². The van der Waals surface area contributed by atoms with Crippen molar-refractivity contribution in [1.82, 2.24) is 0 Å². The lowest BCUT2D eigenvalue weighted by Gasteiger charge is -2.40. The first-order valence-electron chi connectivity index (χ1n) is 13.0. The number of phenolic OH excluding ortho intramolecular Hbond substituents is 3. The van der Waals surface area contributed by atoms with Crippen molar-refractivity contribution in [2.24, 2.45) is 0 Å². The Morgan fingerprint density at radius 1 is 0.721 bits per heavy atom. The SMILES string of the molecule is O=c1cc(-c2ccc(O)c(OC3OC(CO)C(O)C(O)C3O)c2)oc2cc(O)c(C3OC(CO)C(O)C(O)C3O)c(O)c12. The number of phenols is 3. The summed E-state index contributed by atoms with van der Waals surface area (Å²) in [5.41, 5.74) is -1.53. The summed E-state index contributed by atoms with van der Waals surface area (Å²) >= 11 is 0. The van der Waals surface area contributed by atoms with Crippen LogP contribution in [-0.4, -0.2) is 125 Å². The van der Waals surface area contributed by atoms with Gasteiger partial charge in [0, 0.05) is 17.7 Å². The second-order valence-electron chi connectivity index (χ2n) is 10.3. The average molecular weight is 611 g/mol. The van der Waals surface area contributed by atoms with Gasteiger partial charge in [-0.3, -0.25) is 4.79 Å². The molecule has 0 amide bonds. The Kier molecular flexibility index (Phi) is 8.52. The zero-order valence-corrected chi connectivity index (χ0v) is 22.0. The Bertz CT molecular complexity index is 1540. The van der Waals surface area contributed by atoms with Gasteiger partial charge in [-0.15, -0.1) is 0 Å². The second kappa shape index (κ2) is 11.9. The van der Waals surface area contributed by atoms with E-state index >= 15 is 0 Å². The predicted octanol–water partition coefficient (Wildman–Crippen LogP) is -2.73. The summed E-state index contributed by atoms with van der Waals surface area (Å²) in [5, 5.41) is 111. The Hall–Kier alpha value is -3.55. The third-order valence-corrected chi connectivity index (χ3v) is 7.52. The minimum atomic E-state index is -1.86. The van der Waals surface area contributed by atoms with Crippen LogP contribution in [0.25, 0.3) is 22.3 Å². The molecule has 0 aliphatic carbocycles. The molecule has 10 atom stereocenters. The zero-order chi connectivity index (χ0) is 31.3.